The first-order valence-electron chi connectivity index (χ1n) is 10.3. The van der Waals surface area contributed by atoms with Gasteiger partial charge in [0.1, 0.15) is 12.4 Å². The van der Waals surface area contributed by atoms with Crippen molar-refractivity contribution in [2.45, 2.75) is 32.9 Å². The van der Waals surface area contributed by atoms with Gasteiger partial charge in [-0.1, -0.05) is 18.2 Å². The predicted molar refractivity (Wildman–Crippen MR) is 117 cm³/mol. The van der Waals surface area contributed by atoms with Crippen molar-refractivity contribution in [3.8, 4) is 5.75 Å². The number of hydrogen-bond acceptors (Lipinski definition) is 5. The number of para-hydroxylation sites is 1. The molecular formula is C24H25N3O4. The van der Waals surface area contributed by atoms with E-state index in [1.807, 2.05) is 61.5 Å². The highest BCUT2D eigenvalue weighted by Gasteiger charge is 2.38. The molecule has 1 aliphatic rings. The Hall–Kier alpha value is -3.45. The summed E-state index contributed by atoms with van der Waals surface area (Å²) in [6.07, 6.45) is 0.915. The maximum atomic E-state index is 12.8. The van der Waals surface area contributed by atoms with E-state index in [4.69, 9.17) is 4.74 Å². The first kappa shape index (κ1) is 20.8. The fourth-order valence-corrected chi connectivity index (χ4v) is 4.08. The maximum absolute atomic E-state index is 12.8. The molecule has 0 unspecified atom stereocenters. The number of fused-ring (bicyclic) bond motifs is 1. The molecule has 3 aromatic rings. The highest BCUT2D eigenvalue weighted by atomic mass is 16.5. The van der Waals surface area contributed by atoms with Crippen LogP contribution in [-0.2, 0) is 16.2 Å². The van der Waals surface area contributed by atoms with E-state index in [1.54, 1.807) is 11.8 Å². The van der Waals surface area contributed by atoms with E-state index in [2.05, 4.69) is 4.98 Å². The second kappa shape index (κ2) is 8.73. The second-order valence-corrected chi connectivity index (χ2v) is 7.83. The molecule has 1 aliphatic heterocycles. The van der Waals surface area contributed by atoms with Gasteiger partial charge in [-0.05, 0) is 56.7 Å². The van der Waals surface area contributed by atoms with Crippen LogP contribution in [0.5, 0.6) is 5.75 Å². The quantitative estimate of drug-likeness (QED) is 0.359. The first-order valence-corrected chi connectivity index (χ1v) is 10.3. The van der Waals surface area contributed by atoms with Gasteiger partial charge < -0.3 is 9.64 Å². The summed E-state index contributed by atoms with van der Waals surface area (Å²) in [6, 6.07) is 16.9. The predicted octanol–water partition coefficient (Wildman–Crippen LogP) is 3.71. The molecule has 1 fully saturated rings. The van der Waals surface area contributed by atoms with Gasteiger partial charge in [-0.15, -0.1) is 0 Å². The van der Waals surface area contributed by atoms with Crippen molar-refractivity contribution in [1.29, 1.82) is 0 Å². The number of hydroxylamine groups is 2. The highest BCUT2D eigenvalue weighted by molar-refractivity contribution is 5.97. The van der Waals surface area contributed by atoms with Crippen LogP contribution in [-0.4, -0.2) is 40.2 Å². The minimum atomic E-state index is -0.559. The van der Waals surface area contributed by atoms with Crippen molar-refractivity contribution < 1.29 is 19.5 Å². The summed E-state index contributed by atoms with van der Waals surface area (Å²) < 4.78 is 6.00. The van der Waals surface area contributed by atoms with Crippen LogP contribution in [0, 0.1) is 12.8 Å². The number of ether oxygens (including phenoxy) is 1. The fourth-order valence-electron chi connectivity index (χ4n) is 4.08. The van der Waals surface area contributed by atoms with Gasteiger partial charge in [0, 0.05) is 28.9 Å². The zero-order chi connectivity index (χ0) is 22.0. The zero-order valence-electron chi connectivity index (χ0n) is 17.6. The average molecular weight is 419 g/mol. The number of aromatic nitrogens is 1. The number of hydrogen-bond donors (Lipinski definition) is 1. The summed E-state index contributed by atoms with van der Waals surface area (Å²) in [5, 5.41) is 11.2. The Kier molecular flexibility index (Phi) is 5.86. The van der Waals surface area contributed by atoms with Gasteiger partial charge in [-0.25, -0.2) is 5.06 Å². The van der Waals surface area contributed by atoms with Crippen LogP contribution >= 0.6 is 0 Å². The van der Waals surface area contributed by atoms with Crippen molar-refractivity contribution in [3.63, 3.8) is 0 Å². The lowest BCUT2D eigenvalue weighted by Crippen LogP contribution is -2.39. The Morgan fingerprint density at radius 2 is 2.00 bits per heavy atom. The molecule has 0 spiro atoms. The fraction of sp³-hybridized carbons (Fsp3) is 0.292. The molecule has 1 aromatic heterocycles. The summed E-state index contributed by atoms with van der Waals surface area (Å²) in [5.41, 5.74) is 3.74. The molecule has 31 heavy (non-hydrogen) atoms. The number of benzene rings is 2. The molecule has 1 N–H and O–H groups in total. The SMILES string of the molecule is Cc1cc(COc2ccc(N3CC[C@@H]([C@H](C)N(O)C=O)C3=O)cc2)c2ccccc2n1. The van der Waals surface area contributed by atoms with Crippen molar-refractivity contribution in [2.75, 3.05) is 11.4 Å². The molecule has 0 saturated carbocycles. The Morgan fingerprint density at radius 1 is 1.26 bits per heavy atom. The number of anilines is 1. The van der Waals surface area contributed by atoms with Gasteiger partial charge in [0.05, 0.1) is 17.5 Å². The second-order valence-electron chi connectivity index (χ2n) is 7.83. The highest BCUT2D eigenvalue weighted by Crippen LogP contribution is 2.30. The van der Waals surface area contributed by atoms with Gasteiger partial charge >= 0.3 is 0 Å². The largest absolute Gasteiger partial charge is 0.489 e. The topological polar surface area (TPSA) is 83.0 Å². The number of rotatable bonds is 7. The van der Waals surface area contributed by atoms with Gasteiger partial charge in [-0.2, -0.15) is 0 Å². The van der Waals surface area contributed by atoms with E-state index in [-0.39, 0.29) is 5.91 Å². The minimum absolute atomic E-state index is 0.0965. The van der Waals surface area contributed by atoms with Crippen LogP contribution in [0.2, 0.25) is 0 Å². The molecule has 2 aromatic carbocycles. The number of carbonyl (C=O) groups is 2. The smallest absolute Gasteiger partial charge is 0.233 e. The van der Waals surface area contributed by atoms with E-state index < -0.39 is 12.0 Å². The summed E-state index contributed by atoms with van der Waals surface area (Å²) in [5.74, 6) is 0.191. The van der Waals surface area contributed by atoms with E-state index in [0.717, 1.165) is 27.8 Å². The third kappa shape index (κ3) is 4.22. The Bertz CT molecular complexity index is 1100. The summed E-state index contributed by atoms with van der Waals surface area (Å²) in [7, 11) is 0. The lowest BCUT2D eigenvalue weighted by Gasteiger charge is -2.23. The van der Waals surface area contributed by atoms with Crippen molar-refractivity contribution in [2.24, 2.45) is 5.92 Å². The molecule has 0 bridgehead atoms. The van der Waals surface area contributed by atoms with Gasteiger partial charge in [-0.3, -0.25) is 19.8 Å². The minimum Gasteiger partial charge on any atom is -0.489 e. The van der Waals surface area contributed by atoms with Crippen LogP contribution in [0.25, 0.3) is 10.9 Å². The van der Waals surface area contributed by atoms with E-state index in [0.29, 0.717) is 36.8 Å². The van der Waals surface area contributed by atoms with Gasteiger partial charge in [0.2, 0.25) is 12.3 Å². The lowest BCUT2D eigenvalue weighted by atomic mass is 10.00. The molecular weight excluding hydrogens is 394 g/mol. The van der Waals surface area contributed by atoms with E-state index in [9.17, 15) is 14.8 Å². The number of nitrogens with zero attached hydrogens (tertiary/aromatic N) is 3. The molecule has 7 nitrogen and oxygen atoms in total. The normalized spacial score (nSPS) is 17.1. The Labute approximate surface area is 180 Å². The van der Waals surface area contributed by atoms with Crippen LogP contribution in [0.1, 0.15) is 24.6 Å². The molecule has 0 radical (unpaired) electrons. The number of aryl methyl sites for hydroxylation is 1. The standard InChI is InChI=1S/C24H25N3O4/c1-16-13-18(22-5-3-4-6-23(22)25-16)14-31-20-9-7-19(8-10-20)26-12-11-21(24(26)29)17(2)27(30)15-28/h3-10,13,15,17,21,30H,11-12,14H2,1-2H3/t17-,21-/m0/s1. The number of amides is 2. The van der Waals surface area contributed by atoms with Gasteiger partial charge in [0.25, 0.3) is 0 Å². The third-order valence-corrected chi connectivity index (χ3v) is 5.83. The summed E-state index contributed by atoms with van der Waals surface area (Å²) >= 11 is 0. The summed E-state index contributed by atoms with van der Waals surface area (Å²) in [6.45, 7) is 4.60. The Balaban J connectivity index is 1.44. The molecule has 4 rings (SSSR count). The summed E-state index contributed by atoms with van der Waals surface area (Å²) in [4.78, 5) is 29.8. The van der Waals surface area contributed by atoms with Gasteiger partial charge in [0.15, 0.2) is 0 Å². The van der Waals surface area contributed by atoms with E-state index >= 15 is 0 Å². The molecule has 7 heteroatoms. The monoisotopic (exact) mass is 419 g/mol. The number of carbonyl (C=O) groups excluding carboxylic acids is 2. The molecule has 0 aliphatic carbocycles. The molecule has 2 amide bonds. The maximum Gasteiger partial charge on any atom is 0.233 e. The van der Waals surface area contributed by atoms with Crippen molar-refractivity contribution >= 4 is 28.9 Å². The van der Waals surface area contributed by atoms with Crippen LogP contribution in [0.4, 0.5) is 5.69 Å². The van der Waals surface area contributed by atoms with Crippen LogP contribution in [0.15, 0.2) is 54.6 Å². The first-order chi connectivity index (χ1) is 15.0. The van der Waals surface area contributed by atoms with Crippen LogP contribution in [0.3, 0.4) is 0 Å². The zero-order valence-corrected chi connectivity index (χ0v) is 17.6. The van der Waals surface area contributed by atoms with Crippen LogP contribution < -0.4 is 9.64 Å². The molecule has 1 saturated heterocycles. The molecule has 160 valence electrons. The molecule has 2 atom stereocenters. The average Bonchev–Trinajstić information content (AvgIpc) is 3.17. The third-order valence-electron chi connectivity index (χ3n) is 5.83. The lowest BCUT2D eigenvalue weighted by molar-refractivity contribution is -0.164. The van der Waals surface area contributed by atoms with Crippen molar-refractivity contribution in [3.05, 3.63) is 65.9 Å². The van der Waals surface area contributed by atoms with Crippen molar-refractivity contribution in [1.82, 2.24) is 10.0 Å². The molecule has 2 heterocycles. The number of pyridine rings is 1. The van der Waals surface area contributed by atoms with E-state index in [1.165, 1.54) is 0 Å². The Morgan fingerprint density at radius 3 is 2.74 bits per heavy atom.